The van der Waals surface area contributed by atoms with Gasteiger partial charge in [-0.15, -0.1) is 6.58 Å². The van der Waals surface area contributed by atoms with E-state index in [0.29, 0.717) is 0 Å². The molecule has 0 atom stereocenters. The monoisotopic (exact) mass is 184 g/mol. The van der Waals surface area contributed by atoms with Crippen molar-refractivity contribution in [3.8, 4) is 0 Å². The first kappa shape index (κ1) is 10.7. The van der Waals surface area contributed by atoms with E-state index in [9.17, 15) is 0 Å². The first-order valence-electron chi connectivity index (χ1n) is 5.05. The van der Waals surface area contributed by atoms with Gasteiger partial charge in [-0.25, -0.2) is 0 Å². The number of piperazine rings is 1. The highest BCUT2D eigenvalue weighted by atomic mass is 16.5. The van der Waals surface area contributed by atoms with Crippen LogP contribution in [0.2, 0.25) is 0 Å². The summed E-state index contributed by atoms with van der Waals surface area (Å²) < 4.78 is 5.44. The average Bonchev–Trinajstić information content (AvgIpc) is 2.19. The van der Waals surface area contributed by atoms with Crippen LogP contribution >= 0.6 is 0 Å². The number of rotatable bonds is 6. The van der Waals surface area contributed by atoms with Gasteiger partial charge in [0.05, 0.1) is 13.2 Å². The molecule has 0 spiro atoms. The Hall–Kier alpha value is -0.380. The zero-order valence-corrected chi connectivity index (χ0v) is 8.30. The summed E-state index contributed by atoms with van der Waals surface area (Å²) in [6.45, 7) is 10.9. The zero-order chi connectivity index (χ0) is 9.36. The minimum atomic E-state index is 0.815. The molecular weight excluding hydrogens is 164 g/mol. The molecule has 1 fully saturated rings. The van der Waals surface area contributed by atoms with Crippen LogP contribution in [-0.2, 0) is 4.74 Å². The van der Waals surface area contributed by atoms with Crippen LogP contribution in [0, 0.1) is 0 Å². The van der Waals surface area contributed by atoms with Gasteiger partial charge in [-0.1, -0.05) is 6.08 Å². The Kier molecular flexibility index (Phi) is 5.81. The molecule has 76 valence electrons. The standard InChI is InChI=1S/C10H20N2O/c1-2-3-9-13-10-8-12-6-4-11-5-7-12/h2,11H,1,3-10H2. The summed E-state index contributed by atoms with van der Waals surface area (Å²) >= 11 is 0. The summed E-state index contributed by atoms with van der Waals surface area (Å²) in [5.74, 6) is 0. The van der Waals surface area contributed by atoms with Crippen LogP contribution in [0.5, 0.6) is 0 Å². The minimum absolute atomic E-state index is 0.815. The molecule has 0 saturated carbocycles. The Morgan fingerprint density at radius 2 is 2.08 bits per heavy atom. The Bertz CT molecular complexity index is 133. The average molecular weight is 184 g/mol. The first-order chi connectivity index (χ1) is 6.43. The molecule has 3 nitrogen and oxygen atoms in total. The highest BCUT2D eigenvalue weighted by molar-refractivity contribution is 4.67. The summed E-state index contributed by atoms with van der Waals surface area (Å²) in [5, 5.41) is 3.33. The molecular formula is C10H20N2O. The molecule has 0 aliphatic carbocycles. The third-order valence-electron chi connectivity index (χ3n) is 2.23. The second-order valence-corrected chi connectivity index (χ2v) is 3.28. The maximum Gasteiger partial charge on any atom is 0.0593 e. The Labute approximate surface area is 80.8 Å². The molecule has 1 heterocycles. The van der Waals surface area contributed by atoms with E-state index in [2.05, 4.69) is 16.8 Å². The largest absolute Gasteiger partial charge is 0.380 e. The van der Waals surface area contributed by atoms with Crippen LogP contribution in [0.15, 0.2) is 12.7 Å². The van der Waals surface area contributed by atoms with Crippen molar-refractivity contribution in [2.45, 2.75) is 6.42 Å². The van der Waals surface area contributed by atoms with Gasteiger partial charge >= 0.3 is 0 Å². The van der Waals surface area contributed by atoms with Crippen LogP contribution in [-0.4, -0.2) is 50.8 Å². The Morgan fingerprint density at radius 3 is 2.77 bits per heavy atom. The normalized spacial score (nSPS) is 18.8. The van der Waals surface area contributed by atoms with E-state index < -0.39 is 0 Å². The molecule has 0 aromatic heterocycles. The lowest BCUT2D eigenvalue weighted by molar-refractivity contribution is 0.102. The van der Waals surface area contributed by atoms with Crippen molar-refractivity contribution in [2.24, 2.45) is 0 Å². The quantitative estimate of drug-likeness (QED) is 0.480. The maximum absolute atomic E-state index is 5.44. The number of hydrogen-bond donors (Lipinski definition) is 1. The molecule has 0 aromatic rings. The van der Waals surface area contributed by atoms with Gasteiger partial charge in [0, 0.05) is 32.7 Å². The van der Waals surface area contributed by atoms with E-state index in [-0.39, 0.29) is 0 Å². The van der Waals surface area contributed by atoms with E-state index in [1.165, 1.54) is 0 Å². The lowest BCUT2D eigenvalue weighted by Crippen LogP contribution is -2.44. The molecule has 0 amide bonds. The van der Waals surface area contributed by atoms with Crippen molar-refractivity contribution in [3.05, 3.63) is 12.7 Å². The van der Waals surface area contributed by atoms with Crippen LogP contribution in [0.4, 0.5) is 0 Å². The van der Waals surface area contributed by atoms with Crippen molar-refractivity contribution in [3.63, 3.8) is 0 Å². The fourth-order valence-electron chi connectivity index (χ4n) is 1.40. The molecule has 3 heteroatoms. The predicted octanol–water partition coefficient (Wildman–Crippen LogP) is 0.484. The lowest BCUT2D eigenvalue weighted by Gasteiger charge is -2.26. The third-order valence-corrected chi connectivity index (χ3v) is 2.23. The van der Waals surface area contributed by atoms with Crippen LogP contribution in [0.25, 0.3) is 0 Å². The predicted molar refractivity (Wildman–Crippen MR) is 54.9 cm³/mol. The molecule has 1 N–H and O–H groups in total. The molecule has 0 bridgehead atoms. The molecule has 1 aliphatic heterocycles. The van der Waals surface area contributed by atoms with E-state index >= 15 is 0 Å². The van der Waals surface area contributed by atoms with Crippen LogP contribution in [0.3, 0.4) is 0 Å². The molecule has 1 saturated heterocycles. The third kappa shape index (κ3) is 5.03. The van der Waals surface area contributed by atoms with Gasteiger partial charge in [0.1, 0.15) is 0 Å². The van der Waals surface area contributed by atoms with Gasteiger partial charge in [0.15, 0.2) is 0 Å². The second-order valence-electron chi connectivity index (χ2n) is 3.28. The SMILES string of the molecule is C=CCCOCCN1CCNCC1. The smallest absolute Gasteiger partial charge is 0.0593 e. The number of hydrogen-bond acceptors (Lipinski definition) is 3. The lowest BCUT2D eigenvalue weighted by atomic mass is 10.3. The van der Waals surface area contributed by atoms with E-state index in [1.54, 1.807) is 0 Å². The fraction of sp³-hybridized carbons (Fsp3) is 0.800. The van der Waals surface area contributed by atoms with E-state index in [0.717, 1.165) is 52.4 Å². The highest BCUT2D eigenvalue weighted by Crippen LogP contribution is 1.92. The fourth-order valence-corrected chi connectivity index (χ4v) is 1.40. The number of ether oxygens (including phenoxy) is 1. The Morgan fingerprint density at radius 1 is 1.31 bits per heavy atom. The van der Waals surface area contributed by atoms with Crippen LogP contribution in [0.1, 0.15) is 6.42 Å². The zero-order valence-electron chi connectivity index (χ0n) is 8.30. The second kappa shape index (κ2) is 7.06. The van der Waals surface area contributed by atoms with Gasteiger partial charge in [0.25, 0.3) is 0 Å². The molecule has 0 aromatic carbocycles. The molecule has 0 unspecified atom stereocenters. The van der Waals surface area contributed by atoms with Gasteiger partial charge < -0.3 is 10.1 Å². The highest BCUT2D eigenvalue weighted by Gasteiger charge is 2.07. The van der Waals surface area contributed by atoms with Crippen molar-refractivity contribution in [1.82, 2.24) is 10.2 Å². The molecule has 13 heavy (non-hydrogen) atoms. The first-order valence-corrected chi connectivity index (χ1v) is 5.05. The molecule has 1 rings (SSSR count). The molecule has 1 aliphatic rings. The molecule has 0 radical (unpaired) electrons. The van der Waals surface area contributed by atoms with Crippen LogP contribution < -0.4 is 5.32 Å². The van der Waals surface area contributed by atoms with Crippen molar-refractivity contribution in [1.29, 1.82) is 0 Å². The van der Waals surface area contributed by atoms with Crippen molar-refractivity contribution in [2.75, 3.05) is 45.9 Å². The summed E-state index contributed by atoms with van der Waals surface area (Å²) in [7, 11) is 0. The Balaban J connectivity index is 1.89. The minimum Gasteiger partial charge on any atom is -0.380 e. The maximum atomic E-state index is 5.44. The van der Waals surface area contributed by atoms with Crippen molar-refractivity contribution >= 4 is 0 Å². The van der Waals surface area contributed by atoms with E-state index in [4.69, 9.17) is 4.74 Å². The van der Waals surface area contributed by atoms with Crippen molar-refractivity contribution < 1.29 is 4.74 Å². The van der Waals surface area contributed by atoms with Gasteiger partial charge in [0.2, 0.25) is 0 Å². The van der Waals surface area contributed by atoms with Gasteiger partial charge in [-0.3, -0.25) is 4.90 Å². The summed E-state index contributed by atoms with van der Waals surface area (Å²) in [4.78, 5) is 2.43. The topological polar surface area (TPSA) is 24.5 Å². The number of nitrogens with zero attached hydrogens (tertiary/aromatic N) is 1. The summed E-state index contributed by atoms with van der Waals surface area (Å²) in [6, 6.07) is 0. The number of nitrogens with one attached hydrogen (secondary N) is 1. The summed E-state index contributed by atoms with van der Waals surface area (Å²) in [5.41, 5.74) is 0. The summed E-state index contributed by atoms with van der Waals surface area (Å²) in [6.07, 6.45) is 2.85. The van der Waals surface area contributed by atoms with Gasteiger partial charge in [-0.2, -0.15) is 0 Å². The van der Waals surface area contributed by atoms with E-state index in [1.807, 2.05) is 6.08 Å². The van der Waals surface area contributed by atoms with Gasteiger partial charge in [-0.05, 0) is 6.42 Å².